The van der Waals surface area contributed by atoms with Crippen LogP contribution in [0.4, 0.5) is 0 Å². The maximum Gasteiger partial charge on any atom is 0.103 e. The van der Waals surface area contributed by atoms with Gasteiger partial charge in [-0.2, -0.15) is 0 Å². The van der Waals surface area contributed by atoms with Gasteiger partial charge in [0, 0.05) is 6.42 Å². The lowest BCUT2D eigenvalue weighted by atomic mass is 10.2. The van der Waals surface area contributed by atoms with Gasteiger partial charge in [0.2, 0.25) is 0 Å². The maximum atomic E-state index is 5.45. The Morgan fingerprint density at radius 3 is 3.00 bits per heavy atom. The fraction of sp³-hybridized carbons (Fsp3) is 0.400. The van der Waals surface area contributed by atoms with E-state index in [0.29, 0.717) is 0 Å². The molecule has 0 saturated heterocycles. The van der Waals surface area contributed by atoms with Crippen molar-refractivity contribution in [2.45, 2.75) is 20.3 Å². The van der Waals surface area contributed by atoms with Gasteiger partial charge in [-0.25, -0.2) is 0 Å². The smallest absolute Gasteiger partial charge is 0.103 e. The SMILES string of the molecule is CCOC1=C(C)C=CC=CC1. The summed E-state index contributed by atoms with van der Waals surface area (Å²) in [5, 5.41) is 0. The van der Waals surface area contributed by atoms with Crippen LogP contribution in [0, 0.1) is 0 Å². The molecule has 1 heteroatoms. The number of allylic oxidation sites excluding steroid dienone is 5. The van der Waals surface area contributed by atoms with E-state index in [1.165, 1.54) is 5.57 Å². The van der Waals surface area contributed by atoms with E-state index in [1.54, 1.807) is 0 Å². The summed E-state index contributed by atoms with van der Waals surface area (Å²) in [6, 6.07) is 0. The van der Waals surface area contributed by atoms with Gasteiger partial charge < -0.3 is 4.74 Å². The highest BCUT2D eigenvalue weighted by Gasteiger charge is 1.99. The molecular formula is C10H14O. The minimum Gasteiger partial charge on any atom is -0.498 e. The summed E-state index contributed by atoms with van der Waals surface area (Å²) in [6.45, 7) is 4.85. The molecule has 0 amide bonds. The average Bonchev–Trinajstić information content (AvgIpc) is 2.18. The van der Waals surface area contributed by atoms with E-state index in [9.17, 15) is 0 Å². The van der Waals surface area contributed by atoms with Crippen LogP contribution >= 0.6 is 0 Å². The van der Waals surface area contributed by atoms with Crippen LogP contribution in [0.1, 0.15) is 20.3 Å². The normalized spacial score (nSPS) is 16.9. The van der Waals surface area contributed by atoms with Crippen LogP contribution in [-0.4, -0.2) is 6.61 Å². The lowest BCUT2D eigenvalue weighted by molar-refractivity contribution is 0.222. The summed E-state index contributed by atoms with van der Waals surface area (Å²) in [5.74, 6) is 1.09. The highest BCUT2D eigenvalue weighted by molar-refractivity contribution is 5.27. The summed E-state index contributed by atoms with van der Waals surface area (Å²) < 4.78 is 5.45. The van der Waals surface area contributed by atoms with Crippen molar-refractivity contribution >= 4 is 0 Å². The average molecular weight is 150 g/mol. The van der Waals surface area contributed by atoms with Crippen LogP contribution in [0.25, 0.3) is 0 Å². The van der Waals surface area contributed by atoms with Crippen molar-refractivity contribution in [3.8, 4) is 0 Å². The van der Waals surface area contributed by atoms with E-state index >= 15 is 0 Å². The molecule has 0 N–H and O–H groups in total. The Morgan fingerprint density at radius 2 is 2.27 bits per heavy atom. The lowest BCUT2D eigenvalue weighted by Crippen LogP contribution is -1.92. The van der Waals surface area contributed by atoms with Gasteiger partial charge in [0.05, 0.1) is 6.61 Å². The van der Waals surface area contributed by atoms with E-state index in [4.69, 9.17) is 4.74 Å². The monoisotopic (exact) mass is 150 g/mol. The highest BCUT2D eigenvalue weighted by atomic mass is 16.5. The van der Waals surface area contributed by atoms with E-state index in [0.717, 1.165) is 18.8 Å². The molecule has 0 saturated carbocycles. The minimum absolute atomic E-state index is 0.758. The Kier molecular flexibility index (Phi) is 2.96. The second-order valence-corrected chi connectivity index (χ2v) is 2.53. The minimum atomic E-state index is 0.758. The van der Waals surface area contributed by atoms with Gasteiger partial charge in [-0.1, -0.05) is 24.3 Å². The molecule has 0 heterocycles. The van der Waals surface area contributed by atoms with Crippen molar-refractivity contribution in [1.82, 2.24) is 0 Å². The maximum absolute atomic E-state index is 5.45. The van der Waals surface area contributed by atoms with Gasteiger partial charge in [-0.05, 0) is 19.4 Å². The second kappa shape index (κ2) is 4.02. The molecule has 0 aliphatic heterocycles. The molecule has 0 fully saturated rings. The number of rotatable bonds is 2. The van der Waals surface area contributed by atoms with Crippen LogP contribution in [0.5, 0.6) is 0 Å². The van der Waals surface area contributed by atoms with Crippen LogP contribution in [-0.2, 0) is 4.74 Å². The van der Waals surface area contributed by atoms with Gasteiger partial charge in [0.1, 0.15) is 5.76 Å². The summed E-state index contributed by atoms with van der Waals surface area (Å²) >= 11 is 0. The van der Waals surface area contributed by atoms with E-state index in [-0.39, 0.29) is 0 Å². The van der Waals surface area contributed by atoms with E-state index in [2.05, 4.69) is 25.2 Å². The quantitative estimate of drug-likeness (QED) is 0.588. The van der Waals surface area contributed by atoms with Crippen molar-refractivity contribution < 1.29 is 4.74 Å². The molecule has 60 valence electrons. The standard InChI is InChI=1S/C10H14O/c1-3-11-10-8-6-4-5-7-9(10)2/h4-7H,3,8H2,1-2H3. The number of ether oxygens (including phenoxy) is 1. The zero-order valence-electron chi connectivity index (χ0n) is 7.13. The Hall–Kier alpha value is -0.980. The van der Waals surface area contributed by atoms with E-state index in [1.807, 2.05) is 13.0 Å². The molecule has 1 aliphatic rings. The van der Waals surface area contributed by atoms with Crippen molar-refractivity contribution in [2.24, 2.45) is 0 Å². The number of hydrogen-bond donors (Lipinski definition) is 0. The van der Waals surface area contributed by atoms with Crippen LogP contribution in [0.15, 0.2) is 35.6 Å². The zero-order valence-corrected chi connectivity index (χ0v) is 7.13. The molecule has 11 heavy (non-hydrogen) atoms. The van der Waals surface area contributed by atoms with Gasteiger partial charge in [-0.15, -0.1) is 0 Å². The van der Waals surface area contributed by atoms with E-state index < -0.39 is 0 Å². The topological polar surface area (TPSA) is 9.23 Å². The Labute approximate surface area is 68.1 Å². The molecule has 0 unspecified atom stereocenters. The van der Waals surface area contributed by atoms with Crippen molar-refractivity contribution in [3.63, 3.8) is 0 Å². The van der Waals surface area contributed by atoms with Gasteiger partial charge in [0.25, 0.3) is 0 Å². The van der Waals surface area contributed by atoms with Gasteiger partial charge >= 0.3 is 0 Å². The second-order valence-electron chi connectivity index (χ2n) is 2.53. The first-order valence-electron chi connectivity index (χ1n) is 4.00. The molecule has 0 aromatic rings. The van der Waals surface area contributed by atoms with Gasteiger partial charge in [0.15, 0.2) is 0 Å². The molecule has 1 nitrogen and oxygen atoms in total. The molecule has 0 aromatic carbocycles. The molecule has 0 radical (unpaired) electrons. The predicted octanol–water partition coefficient (Wildman–Crippen LogP) is 2.81. The fourth-order valence-corrected chi connectivity index (χ4v) is 1.05. The zero-order chi connectivity index (χ0) is 8.10. The van der Waals surface area contributed by atoms with Crippen LogP contribution < -0.4 is 0 Å². The summed E-state index contributed by atoms with van der Waals surface area (Å²) in [6.07, 6.45) is 9.20. The first kappa shape index (κ1) is 8.12. The van der Waals surface area contributed by atoms with Crippen LogP contribution in [0.3, 0.4) is 0 Å². The molecule has 1 aliphatic carbocycles. The van der Waals surface area contributed by atoms with Crippen molar-refractivity contribution in [2.75, 3.05) is 6.61 Å². The van der Waals surface area contributed by atoms with Gasteiger partial charge in [-0.3, -0.25) is 0 Å². The Bertz CT molecular complexity index is 209. The van der Waals surface area contributed by atoms with Crippen molar-refractivity contribution in [1.29, 1.82) is 0 Å². The molecule has 0 spiro atoms. The summed E-state index contributed by atoms with van der Waals surface area (Å²) in [5.41, 5.74) is 1.23. The third-order valence-electron chi connectivity index (χ3n) is 1.66. The molecule has 0 bridgehead atoms. The summed E-state index contributed by atoms with van der Waals surface area (Å²) in [7, 11) is 0. The number of hydrogen-bond acceptors (Lipinski definition) is 1. The van der Waals surface area contributed by atoms with Crippen LogP contribution in [0.2, 0.25) is 0 Å². The third-order valence-corrected chi connectivity index (χ3v) is 1.66. The Balaban J connectivity index is 2.71. The molecule has 1 rings (SSSR count). The molecule has 0 aromatic heterocycles. The molecular weight excluding hydrogens is 136 g/mol. The largest absolute Gasteiger partial charge is 0.498 e. The first-order valence-corrected chi connectivity index (χ1v) is 4.00. The predicted molar refractivity (Wildman–Crippen MR) is 47.2 cm³/mol. The summed E-state index contributed by atoms with van der Waals surface area (Å²) in [4.78, 5) is 0. The first-order chi connectivity index (χ1) is 5.34. The lowest BCUT2D eigenvalue weighted by Gasteiger charge is -2.07. The molecule has 0 atom stereocenters. The fourth-order valence-electron chi connectivity index (χ4n) is 1.05. The Morgan fingerprint density at radius 1 is 1.45 bits per heavy atom. The highest BCUT2D eigenvalue weighted by Crippen LogP contribution is 2.14. The third kappa shape index (κ3) is 2.26. The van der Waals surface area contributed by atoms with Crippen molar-refractivity contribution in [3.05, 3.63) is 35.6 Å².